The van der Waals surface area contributed by atoms with Crippen molar-refractivity contribution in [2.45, 2.75) is 12.1 Å². The van der Waals surface area contributed by atoms with Gasteiger partial charge in [0.25, 0.3) is 0 Å². The molecule has 1 aliphatic rings. The Morgan fingerprint density at radius 2 is 2.44 bits per heavy atom. The third-order valence-corrected chi connectivity index (χ3v) is 2.88. The van der Waals surface area contributed by atoms with Crippen molar-refractivity contribution in [3.63, 3.8) is 0 Å². The van der Waals surface area contributed by atoms with E-state index in [0.717, 1.165) is 0 Å². The summed E-state index contributed by atoms with van der Waals surface area (Å²) in [6.45, 7) is 1.39. The standard InChI is InChI=1S/C10H15N3O3/c1-16-9-5-12(6-10(14)15)4-8(9)13-3-2-11-7-13/h2-3,7-9H,4-6H2,1H3,(H,14,15)/t8-,9+/m1/s1. The van der Waals surface area contributed by atoms with Gasteiger partial charge in [-0.2, -0.15) is 0 Å². The van der Waals surface area contributed by atoms with Crippen molar-refractivity contribution in [3.8, 4) is 0 Å². The van der Waals surface area contributed by atoms with Gasteiger partial charge in [-0.3, -0.25) is 9.69 Å². The lowest BCUT2D eigenvalue weighted by Gasteiger charge is -2.17. The van der Waals surface area contributed by atoms with Crippen LogP contribution in [0.15, 0.2) is 18.7 Å². The van der Waals surface area contributed by atoms with Crippen LogP contribution >= 0.6 is 0 Å². The summed E-state index contributed by atoms with van der Waals surface area (Å²) in [4.78, 5) is 16.5. The quantitative estimate of drug-likeness (QED) is 0.771. The molecular weight excluding hydrogens is 210 g/mol. The molecule has 1 N–H and O–H groups in total. The first-order valence-corrected chi connectivity index (χ1v) is 5.15. The Kier molecular flexibility index (Phi) is 3.21. The summed E-state index contributed by atoms with van der Waals surface area (Å²) in [5.74, 6) is -0.805. The number of likely N-dealkylation sites (tertiary alicyclic amines) is 1. The number of imidazole rings is 1. The number of carboxylic acid groups (broad SMARTS) is 1. The molecule has 2 atom stereocenters. The van der Waals surface area contributed by atoms with E-state index >= 15 is 0 Å². The first kappa shape index (κ1) is 11.1. The molecule has 2 rings (SSSR count). The lowest BCUT2D eigenvalue weighted by atomic mass is 10.2. The number of rotatable bonds is 4. The lowest BCUT2D eigenvalue weighted by molar-refractivity contribution is -0.138. The maximum absolute atomic E-state index is 10.6. The van der Waals surface area contributed by atoms with Gasteiger partial charge in [-0.25, -0.2) is 4.98 Å². The molecule has 1 aromatic rings. The number of carboxylic acids is 1. The van der Waals surface area contributed by atoms with Gasteiger partial charge in [-0.05, 0) is 0 Å². The molecule has 2 heterocycles. The molecule has 16 heavy (non-hydrogen) atoms. The number of hydrogen-bond donors (Lipinski definition) is 1. The zero-order valence-electron chi connectivity index (χ0n) is 9.11. The average Bonchev–Trinajstić information content (AvgIpc) is 2.83. The fourth-order valence-electron chi connectivity index (χ4n) is 2.14. The fraction of sp³-hybridized carbons (Fsp3) is 0.600. The number of methoxy groups -OCH3 is 1. The highest BCUT2D eigenvalue weighted by molar-refractivity contribution is 5.69. The Bertz CT molecular complexity index is 352. The van der Waals surface area contributed by atoms with E-state index < -0.39 is 5.97 Å². The first-order valence-electron chi connectivity index (χ1n) is 5.15. The highest BCUT2D eigenvalue weighted by Gasteiger charge is 2.34. The van der Waals surface area contributed by atoms with Crippen molar-refractivity contribution in [3.05, 3.63) is 18.7 Å². The van der Waals surface area contributed by atoms with E-state index in [9.17, 15) is 4.79 Å². The van der Waals surface area contributed by atoms with Crippen LogP contribution in [-0.2, 0) is 9.53 Å². The number of aliphatic carboxylic acids is 1. The fourth-order valence-corrected chi connectivity index (χ4v) is 2.14. The van der Waals surface area contributed by atoms with Crippen LogP contribution in [0.5, 0.6) is 0 Å². The van der Waals surface area contributed by atoms with Crippen molar-refractivity contribution in [1.29, 1.82) is 0 Å². The van der Waals surface area contributed by atoms with Gasteiger partial charge < -0.3 is 14.4 Å². The number of hydrogen-bond acceptors (Lipinski definition) is 4. The minimum absolute atomic E-state index is 0.0218. The molecule has 88 valence electrons. The monoisotopic (exact) mass is 225 g/mol. The van der Waals surface area contributed by atoms with Crippen molar-refractivity contribution >= 4 is 5.97 Å². The molecule has 1 saturated heterocycles. The highest BCUT2D eigenvalue weighted by Crippen LogP contribution is 2.23. The smallest absolute Gasteiger partial charge is 0.317 e. The van der Waals surface area contributed by atoms with Gasteiger partial charge in [0.2, 0.25) is 0 Å². The minimum atomic E-state index is -0.805. The second-order valence-electron chi connectivity index (χ2n) is 3.94. The van der Waals surface area contributed by atoms with Crippen LogP contribution in [0.25, 0.3) is 0 Å². The Balaban J connectivity index is 2.05. The largest absolute Gasteiger partial charge is 0.480 e. The van der Waals surface area contributed by atoms with E-state index in [0.29, 0.717) is 13.1 Å². The molecule has 0 spiro atoms. The summed E-state index contributed by atoms with van der Waals surface area (Å²) < 4.78 is 7.34. The summed E-state index contributed by atoms with van der Waals surface area (Å²) in [5.41, 5.74) is 0. The van der Waals surface area contributed by atoms with E-state index in [2.05, 4.69) is 4.98 Å². The van der Waals surface area contributed by atoms with Crippen LogP contribution in [0.3, 0.4) is 0 Å². The second kappa shape index (κ2) is 4.63. The first-order chi connectivity index (χ1) is 7.70. The normalized spacial score (nSPS) is 26.1. The Labute approximate surface area is 93.4 Å². The molecule has 0 saturated carbocycles. The summed E-state index contributed by atoms with van der Waals surface area (Å²) in [6.07, 6.45) is 5.35. The van der Waals surface area contributed by atoms with Crippen molar-refractivity contribution in [1.82, 2.24) is 14.5 Å². The van der Waals surface area contributed by atoms with Crippen LogP contribution in [0.2, 0.25) is 0 Å². The zero-order valence-corrected chi connectivity index (χ0v) is 9.11. The van der Waals surface area contributed by atoms with Crippen LogP contribution < -0.4 is 0 Å². The van der Waals surface area contributed by atoms with E-state index in [-0.39, 0.29) is 18.7 Å². The van der Waals surface area contributed by atoms with Crippen LogP contribution in [0.1, 0.15) is 6.04 Å². The number of nitrogens with zero attached hydrogens (tertiary/aromatic N) is 3. The maximum Gasteiger partial charge on any atom is 0.317 e. The molecule has 1 fully saturated rings. The van der Waals surface area contributed by atoms with Crippen LogP contribution in [0.4, 0.5) is 0 Å². The summed E-state index contributed by atoms with van der Waals surface area (Å²) in [6, 6.07) is 0.145. The molecule has 0 aromatic carbocycles. The highest BCUT2D eigenvalue weighted by atomic mass is 16.5. The minimum Gasteiger partial charge on any atom is -0.480 e. The Hall–Kier alpha value is -1.40. The SMILES string of the molecule is CO[C@H]1CN(CC(=O)O)C[C@H]1n1ccnc1. The van der Waals surface area contributed by atoms with Gasteiger partial charge in [-0.1, -0.05) is 0 Å². The topological polar surface area (TPSA) is 67.6 Å². The van der Waals surface area contributed by atoms with Crippen molar-refractivity contribution in [2.75, 3.05) is 26.7 Å². The predicted octanol–water partition coefficient (Wildman–Crippen LogP) is -0.161. The molecule has 1 aliphatic heterocycles. The molecule has 6 heteroatoms. The molecular formula is C10H15N3O3. The van der Waals surface area contributed by atoms with E-state index in [1.807, 2.05) is 15.7 Å². The van der Waals surface area contributed by atoms with Crippen molar-refractivity contribution < 1.29 is 14.6 Å². The van der Waals surface area contributed by atoms with Crippen molar-refractivity contribution in [2.24, 2.45) is 0 Å². The van der Waals surface area contributed by atoms with Gasteiger partial charge in [0.1, 0.15) is 0 Å². The summed E-state index contributed by atoms with van der Waals surface area (Å²) in [7, 11) is 1.65. The molecule has 6 nitrogen and oxygen atoms in total. The summed E-state index contributed by atoms with van der Waals surface area (Å²) in [5, 5.41) is 8.75. The van der Waals surface area contributed by atoms with E-state index in [4.69, 9.17) is 9.84 Å². The molecule has 1 aromatic heterocycles. The second-order valence-corrected chi connectivity index (χ2v) is 3.94. The zero-order chi connectivity index (χ0) is 11.5. The van der Waals surface area contributed by atoms with Crippen LogP contribution in [-0.4, -0.2) is 58.4 Å². The molecule has 0 amide bonds. The number of aromatic nitrogens is 2. The van der Waals surface area contributed by atoms with E-state index in [1.165, 1.54) is 0 Å². The van der Waals surface area contributed by atoms with Crippen LogP contribution in [0, 0.1) is 0 Å². The number of carbonyl (C=O) groups is 1. The summed E-state index contributed by atoms with van der Waals surface area (Å²) >= 11 is 0. The average molecular weight is 225 g/mol. The molecule has 0 unspecified atom stereocenters. The third kappa shape index (κ3) is 2.23. The van der Waals surface area contributed by atoms with E-state index in [1.54, 1.807) is 19.6 Å². The maximum atomic E-state index is 10.6. The molecule has 0 radical (unpaired) electrons. The Morgan fingerprint density at radius 3 is 3.00 bits per heavy atom. The predicted molar refractivity (Wildman–Crippen MR) is 56.1 cm³/mol. The Morgan fingerprint density at radius 1 is 1.62 bits per heavy atom. The lowest BCUT2D eigenvalue weighted by Crippen LogP contribution is -2.28. The molecule has 0 bridgehead atoms. The molecule has 0 aliphatic carbocycles. The van der Waals surface area contributed by atoms with Gasteiger partial charge >= 0.3 is 5.97 Å². The van der Waals surface area contributed by atoms with Gasteiger partial charge in [0, 0.05) is 32.6 Å². The van der Waals surface area contributed by atoms with Gasteiger partial charge in [0.05, 0.1) is 25.0 Å². The van der Waals surface area contributed by atoms with Gasteiger partial charge in [-0.15, -0.1) is 0 Å². The number of ether oxygens (including phenoxy) is 1. The van der Waals surface area contributed by atoms with Gasteiger partial charge in [0.15, 0.2) is 0 Å². The third-order valence-electron chi connectivity index (χ3n) is 2.88.